The molecule has 1 aliphatic heterocycles. The summed E-state index contributed by atoms with van der Waals surface area (Å²) in [6, 6.07) is 7.59. The van der Waals surface area contributed by atoms with Crippen LogP contribution in [0.4, 0.5) is 5.69 Å². The molecule has 0 fully saturated rings. The highest BCUT2D eigenvalue weighted by molar-refractivity contribution is 5.58. The number of nitrogens with two attached hydrogens (primary N) is 1. The molecule has 1 aromatic carbocycles. The Morgan fingerprint density at radius 2 is 1.92 bits per heavy atom. The van der Waals surface area contributed by atoms with Gasteiger partial charge >= 0.3 is 5.69 Å². The standard InChI is InChI=1S/C16H13N5O5/c1-19-14(22)12-11(8-5-3-4-6-10(8)21(24)25)9(7-17)13(18)26-15(12)20(2)16(19)23/h3-6,11H,18H2,1-2H3/t11-/m0/s1. The Morgan fingerprint density at radius 1 is 1.27 bits per heavy atom. The van der Waals surface area contributed by atoms with Crippen LogP contribution in [0.5, 0.6) is 5.88 Å². The Morgan fingerprint density at radius 3 is 2.54 bits per heavy atom. The van der Waals surface area contributed by atoms with Crippen LogP contribution in [-0.4, -0.2) is 14.1 Å². The van der Waals surface area contributed by atoms with Gasteiger partial charge < -0.3 is 10.5 Å². The van der Waals surface area contributed by atoms with Crippen molar-refractivity contribution in [2.24, 2.45) is 19.8 Å². The van der Waals surface area contributed by atoms with E-state index in [0.717, 1.165) is 9.13 Å². The third-order valence-electron chi connectivity index (χ3n) is 4.26. The van der Waals surface area contributed by atoms with E-state index in [9.17, 15) is 25.0 Å². The molecule has 0 bridgehead atoms. The first-order valence-electron chi connectivity index (χ1n) is 7.40. The van der Waals surface area contributed by atoms with Gasteiger partial charge in [-0.2, -0.15) is 5.26 Å². The van der Waals surface area contributed by atoms with Crippen molar-refractivity contribution in [3.05, 3.63) is 77.8 Å². The normalized spacial score (nSPS) is 15.8. The molecule has 0 radical (unpaired) electrons. The fourth-order valence-electron chi connectivity index (χ4n) is 3.00. The van der Waals surface area contributed by atoms with E-state index < -0.39 is 22.1 Å². The summed E-state index contributed by atoms with van der Waals surface area (Å²) in [5.74, 6) is -1.58. The van der Waals surface area contributed by atoms with Gasteiger partial charge in [-0.25, -0.2) is 4.79 Å². The zero-order valence-corrected chi connectivity index (χ0v) is 13.8. The Bertz CT molecular complexity index is 1140. The second kappa shape index (κ2) is 5.89. The molecule has 0 amide bonds. The molecule has 0 aliphatic carbocycles. The second-order valence-electron chi connectivity index (χ2n) is 5.67. The number of nitro groups is 1. The Labute approximate surface area is 146 Å². The topological polar surface area (TPSA) is 146 Å². The van der Waals surface area contributed by atoms with Crippen molar-refractivity contribution in [3.8, 4) is 11.9 Å². The smallest absolute Gasteiger partial charge is 0.333 e. The fraction of sp³-hybridized carbons (Fsp3) is 0.188. The maximum absolute atomic E-state index is 12.7. The average molecular weight is 355 g/mol. The minimum absolute atomic E-state index is 0.0605. The van der Waals surface area contributed by atoms with Gasteiger partial charge in [0.25, 0.3) is 11.2 Å². The number of nitro benzene ring substituents is 1. The maximum atomic E-state index is 12.7. The van der Waals surface area contributed by atoms with E-state index in [2.05, 4.69) is 0 Å². The van der Waals surface area contributed by atoms with Crippen molar-refractivity contribution in [1.82, 2.24) is 9.13 Å². The number of ether oxygens (including phenoxy) is 1. The Kier molecular flexibility index (Phi) is 3.84. The molecule has 0 saturated carbocycles. The minimum Gasteiger partial charge on any atom is -0.423 e. The number of allylic oxidation sites excluding steroid dienone is 1. The highest BCUT2D eigenvalue weighted by Gasteiger charge is 2.38. The van der Waals surface area contributed by atoms with Crippen LogP contribution in [0.25, 0.3) is 0 Å². The number of fused-ring (bicyclic) bond motifs is 1. The van der Waals surface area contributed by atoms with Gasteiger partial charge in [-0.15, -0.1) is 0 Å². The third kappa shape index (κ3) is 2.26. The summed E-state index contributed by atoms with van der Waals surface area (Å²) in [4.78, 5) is 35.7. The van der Waals surface area contributed by atoms with Crippen LogP contribution in [0.1, 0.15) is 17.0 Å². The van der Waals surface area contributed by atoms with E-state index in [1.807, 2.05) is 6.07 Å². The molecular formula is C16H13N5O5. The monoisotopic (exact) mass is 355 g/mol. The van der Waals surface area contributed by atoms with Crippen molar-refractivity contribution in [2.45, 2.75) is 5.92 Å². The lowest BCUT2D eigenvalue weighted by Gasteiger charge is -2.26. The van der Waals surface area contributed by atoms with Gasteiger partial charge in [-0.05, 0) is 0 Å². The molecule has 2 aromatic rings. The first kappa shape index (κ1) is 17.0. The number of nitrogens with zero attached hydrogens (tertiary/aromatic N) is 4. The predicted octanol–water partition coefficient (Wildman–Crippen LogP) is 0.210. The van der Waals surface area contributed by atoms with Crippen molar-refractivity contribution in [2.75, 3.05) is 0 Å². The molecule has 1 aliphatic rings. The molecule has 26 heavy (non-hydrogen) atoms. The van der Waals surface area contributed by atoms with E-state index in [-0.39, 0.29) is 34.2 Å². The predicted molar refractivity (Wildman–Crippen MR) is 89.3 cm³/mol. The van der Waals surface area contributed by atoms with Crippen LogP contribution >= 0.6 is 0 Å². The SMILES string of the molecule is Cn1c2c(c(=O)n(C)c1=O)[C@@H](c1ccccc1[N+](=O)[O-])C(C#N)=C(N)O2. The van der Waals surface area contributed by atoms with Crippen molar-refractivity contribution in [3.63, 3.8) is 0 Å². The first-order valence-corrected chi connectivity index (χ1v) is 7.40. The van der Waals surface area contributed by atoms with Gasteiger partial charge in [0.15, 0.2) is 0 Å². The van der Waals surface area contributed by atoms with E-state index in [1.54, 1.807) is 6.07 Å². The van der Waals surface area contributed by atoms with Gasteiger partial charge in [0.05, 0.1) is 16.4 Å². The number of hydrogen-bond donors (Lipinski definition) is 1. The zero-order chi connectivity index (χ0) is 19.2. The lowest BCUT2D eigenvalue weighted by atomic mass is 9.84. The zero-order valence-electron chi connectivity index (χ0n) is 13.8. The molecule has 1 aromatic heterocycles. The highest BCUT2D eigenvalue weighted by Crippen LogP contribution is 2.42. The quantitative estimate of drug-likeness (QED) is 0.598. The van der Waals surface area contributed by atoms with Gasteiger partial charge in [-0.3, -0.25) is 24.0 Å². The summed E-state index contributed by atoms with van der Waals surface area (Å²) < 4.78 is 7.27. The largest absolute Gasteiger partial charge is 0.423 e. The average Bonchev–Trinajstić information content (AvgIpc) is 2.63. The summed E-state index contributed by atoms with van der Waals surface area (Å²) in [6.07, 6.45) is 0. The van der Waals surface area contributed by atoms with E-state index in [4.69, 9.17) is 10.5 Å². The van der Waals surface area contributed by atoms with Crippen molar-refractivity contribution >= 4 is 5.69 Å². The third-order valence-corrected chi connectivity index (χ3v) is 4.26. The van der Waals surface area contributed by atoms with Crippen LogP contribution in [0.2, 0.25) is 0 Å². The van der Waals surface area contributed by atoms with E-state index in [1.165, 1.54) is 32.3 Å². The lowest BCUT2D eigenvalue weighted by Crippen LogP contribution is -2.42. The highest BCUT2D eigenvalue weighted by atomic mass is 16.6. The summed E-state index contributed by atoms with van der Waals surface area (Å²) in [5.41, 5.74) is 4.08. The number of para-hydroxylation sites is 1. The Balaban J connectivity index is 2.48. The number of hydrogen-bond acceptors (Lipinski definition) is 7. The number of benzene rings is 1. The summed E-state index contributed by atoms with van der Waals surface area (Å²) in [6.45, 7) is 0. The van der Waals surface area contributed by atoms with Crippen LogP contribution in [-0.2, 0) is 14.1 Å². The molecule has 0 saturated heterocycles. The van der Waals surface area contributed by atoms with Gasteiger partial charge in [0.2, 0.25) is 11.8 Å². The molecule has 1 atom stereocenters. The van der Waals surface area contributed by atoms with E-state index >= 15 is 0 Å². The lowest BCUT2D eigenvalue weighted by molar-refractivity contribution is -0.385. The Hall–Kier alpha value is -3.87. The number of nitriles is 1. The molecule has 2 N–H and O–H groups in total. The first-order chi connectivity index (χ1) is 12.3. The van der Waals surface area contributed by atoms with Crippen LogP contribution in [0, 0.1) is 21.4 Å². The maximum Gasteiger partial charge on any atom is 0.333 e. The molecule has 10 nitrogen and oxygen atoms in total. The number of aromatic nitrogens is 2. The molecule has 10 heteroatoms. The fourth-order valence-corrected chi connectivity index (χ4v) is 3.00. The van der Waals surface area contributed by atoms with Crippen LogP contribution in [0.15, 0.2) is 45.3 Å². The second-order valence-corrected chi connectivity index (χ2v) is 5.67. The molecule has 132 valence electrons. The molecular weight excluding hydrogens is 342 g/mol. The van der Waals surface area contributed by atoms with Gasteiger partial charge in [0.1, 0.15) is 11.6 Å². The van der Waals surface area contributed by atoms with Crippen LogP contribution in [0.3, 0.4) is 0 Å². The molecule has 3 rings (SSSR count). The minimum atomic E-state index is -1.13. The number of rotatable bonds is 2. The van der Waals surface area contributed by atoms with Crippen molar-refractivity contribution < 1.29 is 9.66 Å². The van der Waals surface area contributed by atoms with Crippen LogP contribution < -0.4 is 21.7 Å². The summed E-state index contributed by atoms with van der Waals surface area (Å²) in [5, 5.41) is 20.9. The molecule has 2 heterocycles. The van der Waals surface area contributed by atoms with E-state index in [0.29, 0.717) is 0 Å². The summed E-state index contributed by atoms with van der Waals surface area (Å²) in [7, 11) is 2.65. The van der Waals surface area contributed by atoms with Gasteiger partial charge in [0, 0.05) is 25.7 Å². The molecule has 0 unspecified atom stereocenters. The summed E-state index contributed by atoms with van der Waals surface area (Å²) >= 11 is 0. The molecule has 0 spiro atoms. The van der Waals surface area contributed by atoms with Gasteiger partial charge in [-0.1, -0.05) is 18.2 Å². The van der Waals surface area contributed by atoms with Crippen molar-refractivity contribution in [1.29, 1.82) is 5.26 Å².